The van der Waals surface area contributed by atoms with E-state index in [9.17, 15) is 14.0 Å². The molecule has 3 aromatic heterocycles. The van der Waals surface area contributed by atoms with Crippen molar-refractivity contribution in [1.82, 2.24) is 25.2 Å². The van der Waals surface area contributed by atoms with Crippen molar-refractivity contribution in [2.24, 2.45) is 5.92 Å². The average Bonchev–Trinajstić information content (AvgIpc) is 3.41. The lowest BCUT2D eigenvalue weighted by Gasteiger charge is -2.23. The van der Waals surface area contributed by atoms with Crippen molar-refractivity contribution in [3.05, 3.63) is 47.0 Å². The van der Waals surface area contributed by atoms with E-state index in [-0.39, 0.29) is 35.3 Å². The summed E-state index contributed by atoms with van der Waals surface area (Å²) in [5.74, 6) is -0.653. The lowest BCUT2D eigenvalue weighted by Crippen LogP contribution is -2.44. The first-order valence-electron chi connectivity index (χ1n) is 10.8. The highest BCUT2D eigenvalue weighted by Gasteiger charge is 2.34. The fourth-order valence-electron chi connectivity index (χ4n) is 3.80. The van der Waals surface area contributed by atoms with Gasteiger partial charge in [0.1, 0.15) is 5.82 Å². The number of hydrogen-bond donors (Lipinski definition) is 2. The fourth-order valence-corrected chi connectivity index (χ4v) is 4.61. The van der Waals surface area contributed by atoms with Gasteiger partial charge in [-0.15, -0.1) is 11.3 Å². The molecule has 4 heterocycles. The van der Waals surface area contributed by atoms with Crippen LogP contribution in [0.1, 0.15) is 56.2 Å². The van der Waals surface area contributed by atoms with Crippen molar-refractivity contribution >= 4 is 39.3 Å². The first-order chi connectivity index (χ1) is 15.6. The molecule has 33 heavy (non-hydrogen) atoms. The molecule has 10 heteroatoms. The summed E-state index contributed by atoms with van der Waals surface area (Å²) >= 11 is 1.40. The average molecular weight is 471 g/mol. The third-order valence-electron chi connectivity index (χ3n) is 5.42. The maximum Gasteiger partial charge on any atom is 0.274 e. The number of thiophene rings is 1. The van der Waals surface area contributed by atoms with E-state index in [2.05, 4.69) is 25.6 Å². The van der Waals surface area contributed by atoms with Gasteiger partial charge in [-0.25, -0.2) is 14.4 Å². The minimum Gasteiger partial charge on any atom is -0.351 e. The maximum atomic E-state index is 13.6. The molecule has 3 aromatic rings. The van der Waals surface area contributed by atoms with Crippen LogP contribution in [0.15, 0.2) is 29.9 Å². The first-order valence-corrected chi connectivity index (χ1v) is 11.7. The predicted molar refractivity (Wildman–Crippen MR) is 126 cm³/mol. The Morgan fingerprint density at radius 2 is 2.06 bits per heavy atom. The highest BCUT2D eigenvalue weighted by Crippen LogP contribution is 2.28. The molecular weight excluding hydrogens is 443 g/mol. The van der Waals surface area contributed by atoms with Gasteiger partial charge in [-0.05, 0) is 57.2 Å². The molecule has 0 radical (unpaired) electrons. The van der Waals surface area contributed by atoms with Crippen LogP contribution < -0.4 is 10.6 Å². The van der Waals surface area contributed by atoms with Crippen LogP contribution in [0.5, 0.6) is 0 Å². The largest absolute Gasteiger partial charge is 0.351 e. The molecule has 2 N–H and O–H groups in total. The smallest absolute Gasteiger partial charge is 0.274 e. The molecule has 1 aliphatic heterocycles. The molecular formula is C23H27FN6O2S. The Hall–Kier alpha value is -3.14. The molecule has 1 fully saturated rings. The second kappa shape index (κ2) is 9.01. The summed E-state index contributed by atoms with van der Waals surface area (Å²) in [5.41, 5.74) is 1.29. The van der Waals surface area contributed by atoms with Crippen LogP contribution in [0.3, 0.4) is 0 Å². The van der Waals surface area contributed by atoms with Gasteiger partial charge in [-0.2, -0.15) is 0 Å². The molecule has 1 saturated heterocycles. The van der Waals surface area contributed by atoms with Gasteiger partial charge in [-0.3, -0.25) is 14.6 Å². The van der Waals surface area contributed by atoms with Crippen molar-refractivity contribution in [2.45, 2.75) is 45.7 Å². The van der Waals surface area contributed by atoms with Crippen molar-refractivity contribution in [1.29, 1.82) is 0 Å². The van der Waals surface area contributed by atoms with Crippen LogP contribution in [-0.2, 0) is 4.79 Å². The predicted octanol–water partition coefficient (Wildman–Crippen LogP) is 3.78. The number of fused-ring (bicyclic) bond motifs is 1. The number of amides is 2. The van der Waals surface area contributed by atoms with Crippen molar-refractivity contribution in [3.8, 4) is 0 Å². The van der Waals surface area contributed by atoms with E-state index in [0.717, 1.165) is 6.20 Å². The monoisotopic (exact) mass is 470 g/mol. The molecule has 174 valence electrons. The summed E-state index contributed by atoms with van der Waals surface area (Å²) in [6, 6.07) is 2.92. The van der Waals surface area contributed by atoms with Crippen LogP contribution in [0.25, 0.3) is 10.2 Å². The molecule has 0 aliphatic carbocycles. The summed E-state index contributed by atoms with van der Waals surface area (Å²) in [4.78, 5) is 40.5. The zero-order valence-electron chi connectivity index (χ0n) is 19.1. The number of aromatic nitrogens is 3. The molecule has 1 aliphatic rings. The second-order valence-electron chi connectivity index (χ2n) is 9.31. The number of likely N-dealkylation sites (tertiary alicyclic amines) is 1. The molecule has 0 saturated carbocycles. The third kappa shape index (κ3) is 5.27. The number of hydrogen-bond acceptors (Lipinski definition) is 7. The molecule has 4 rings (SSSR count). The second-order valence-corrected chi connectivity index (χ2v) is 10.2. The molecule has 0 aromatic carbocycles. The molecule has 1 unspecified atom stereocenters. The Labute approximate surface area is 195 Å². The zero-order chi connectivity index (χ0) is 23.8. The van der Waals surface area contributed by atoms with E-state index < -0.39 is 5.82 Å². The number of carbonyl (C=O) groups is 2. The molecule has 0 spiro atoms. The van der Waals surface area contributed by atoms with Gasteiger partial charge < -0.3 is 15.5 Å². The summed E-state index contributed by atoms with van der Waals surface area (Å²) in [7, 11) is 0. The Bertz CT molecular complexity index is 1190. The Morgan fingerprint density at radius 1 is 1.27 bits per heavy atom. The van der Waals surface area contributed by atoms with E-state index in [1.807, 2.05) is 39.1 Å². The van der Waals surface area contributed by atoms with Crippen LogP contribution in [-0.4, -0.2) is 50.3 Å². The number of anilines is 1. The van der Waals surface area contributed by atoms with Gasteiger partial charge in [0.15, 0.2) is 5.69 Å². The Morgan fingerprint density at radius 3 is 2.79 bits per heavy atom. The minimum atomic E-state index is -0.426. The van der Waals surface area contributed by atoms with Gasteiger partial charge in [0, 0.05) is 24.8 Å². The normalized spacial score (nSPS) is 17.2. The van der Waals surface area contributed by atoms with Crippen LogP contribution >= 0.6 is 11.3 Å². The van der Waals surface area contributed by atoms with Gasteiger partial charge in [0.2, 0.25) is 11.9 Å². The number of pyridine rings is 1. The summed E-state index contributed by atoms with van der Waals surface area (Å²) in [6.45, 7) is 8.50. The first kappa shape index (κ1) is 23.0. The molecule has 0 bridgehead atoms. The van der Waals surface area contributed by atoms with Crippen LogP contribution in [0.2, 0.25) is 0 Å². The van der Waals surface area contributed by atoms with Crippen molar-refractivity contribution < 1.29 is 14.0 Å². The minimum absolute atomic E-state index is 0.0401. The molecule has 2 amide bonds. The van der Waals surface area contributed by atoms with E-state index in [1.54, 1.807) is 11.1 Å². The van der Waals surface area contributed by atoms with Crippen LogP contribution in [0, 0.1) is 11.7 Å². The zero-order valence-corrected chi connectivity index (χ0v) is 19.9. The lowest BCUT2D eigenvalue weighted by atomic mass is 10.0. The van der Waals surface area contributed by atoms with E-state index >= 15 is 0 Å². The topological polar surface area (TPSA) is 100 Å². The van der Waals surface area contributed by atoms with E-state index in [4.69, 9.17) is 0 Å². The fraction of sp³-hybridized carbons (Fsp3) is 0.435. The van der Waals surface area contributed by atoms with Gasteiger partial charge in [0.05, 0.1) is 28.4 Å². The lowest BCUT2D eigenvalue weighted by molar-refractivity contribution is -0.126. The highest BCUT2D eigenvalue weighted by molar-refractivity contribution is 7.17. The van der Waals surface area contributed by atoms with Gasteiger partial charge in [0.25, 0.3) is 5.91 Å². The summed E-state index contributed by atoms with van der Waals surface area (Å²) in [6.07, 6.45) is 3.33. The number of rotatable bonds is 5. The van der Waals surface area contributed by atoms with Crippen molar-refractivity contribution in [3.63, 3.8) is 0 Å². The van der Waals surface area contributed by atoms with E-state index in [1.165, 1.54) is 17.4 Å². The Balaban J connectivity index is 1.54. The molecule has 2 atom stereocenters. The molecule has 8 nitrogen and oxygen atoms in total. The maximum absolute atomic E-state index is 13.6. The van der Waals surface area contributed by atoms with Crippen molar-refractivity contribution in [2.75, 3.05) is 18.4 Å². The summed E-state index contributed by atoms with van der Waals surface area (Å²) < 4.78 is 14.3. The highest BCUT2D eigenvalue weighted by atomic mass is 32.1. The number of nitrogens with one attached hydrogen (secondary N) is 2. The number of carbonyl (C=O) groups excluding carboxylic acids is 2. The van der Waals surface area contributed by atoms with Gasteiger partial charge in [-0.1, -0.05) is 0 Å². The number of nitrogens with zero attached hydrogens (tertiary/aromatic N) is 4. The van der Waals surface area contributed by atoms with E-state index in [0.29, 0.717) is 41.0 Å². The summed E-state index contributed by atoms with van der Waals surface area (Å²) in [5, 5.41) is 8.01. The Kier molecular flexibility index (Phi) is 6.29. The standard InChI is InChI=1S/C23H27FN6O2S/c1-13(15-9-16(24)11-25-10-15)26-22-27-17-6-8-33-19(17)18(28-22)21(32)30-7-5-14(12-30)20(31)29-23(2,3)4/h6,8-11,13-14H,5,7,12H2,1-4H3,(H,29,31)(H,26,27,28)/t13-,14?/m0/s1. The quantitative estimate of drug-likeness (QED) is 0.589. The number of halogens is 1. The third-order valence-corrected chi connectivity index (χ3v) is 6.33. The van der Waals surface area contributed by atoms with Gasteiger partial charge >= 0.3 is 0 Å². The van der Waals surface area contributed by atoms with Crippen LogP contribution in [0.4, 0.5) is 10.3 Å². The SMILES string of the molecule is C[C@H](Nc1nc(C(=O)N2CCC(C(=O)NC(C)(C)C)C2)c2sccc2n1)c1cncc(F)c1.